The van der Waals surface area contributed by atoms with Crippen molar-refractivity contribution in [3.05, 3.63) is 77.7 Å². The van der Waals surface area contributed by atoms with E-state index in [0.717, 1.165) is 32.0 Å². The van der Waals surface area contributed by atoms with Crippen LogP contribution in [0.2, 0.25) is 0 Å². The van der Waals surface area contributed by atoms with E-state index in [9.17, 15) is 18.0 Å². The minimum Gasteiger partial charge on any atom is -0.301 e. The van der Waals surface area contributed by atoms with Crippen LogP contribution in [0.1, 0.15) is 16.6 Å². The van der Waals surface area contributed by atoms with Gasteiger partial charge in [0.15, 0.2) is 10.9 Å². The second-order valence-electron chi connectivity index (χ2n) is 7.44. The second-order valence-corrected chi connectivity index (χ2v) is 10.5. The highest BCUT2D eigenvalue weighted by atomic mass is 32.2. The molecule has 0 radical (unpaired) electrons. The first kappa shape index (κ1) is 22.8. The Morgan fingerprint density at radius 1 is 0.970 bits per heavy atom. The average molecular weight is 480 g/mol. The van der Waals surface area contributed by atoms with Crippen molar-refractivity contribution in [2.75, 3.05) is 18.9 Å². The van der Waals surface area contributed by atoms with Gasteiger partial charge in [-0.3, -0.25) is 9.59 Å². The molecule has 1 aromatic heterocycles. The number of thiazole rings is 1. The molecule has 0 unspecified atom stereocenters. The highest BCUT2D eigenvalue weighted by molar-refractivity contribution is 7.89. The van der Waals surface area contributed by atoms with Crippen LogP contribution in [0.5, 0.6) is 0 Å². The molecule has 0 atom stereocenters. The third-order valence-electron chi connectivity index (χ3n) is 5.04. The van der Waals surface area contributed by atoms with E-state index in [2.05, 4.69) is 10.3 Å². The molecule has 3 aromatic carbocycles. The molecule has 0 saturated carbocycles. The number of amides is 1. The Labute approximate surface area is 195 Å². The molecule has 0 saturated heterocycles. The zero-order valence-corrected chi connectivity index (χ0v) is 19.6. The molecule has 0 aliphatic heterocycles. The van der Waals surface area contributed by atoms with E-state index < -0.39 is 22.5 Å². The molecule has 1 N–H and O–H groups in total. The molecule has 0 aliphatic rings. The summed E-state index contributed by atoms with van der Waals surface area (Å²) in [4.78, 5) is 29.6. The lowest BCUT2D eigenvalue weighted by atomic mass is 10.1. The van der Waals surface area contributed by atoms with Crippen molar-refractivity contribution >= 4 is 49.0 Å². The standard InChI is InChI=1S/C24H21N3O4S2/c1-16(28)23-22(18-9-4-3-5-10-18)26-24(32-23)25-21(29)15-27(2)33(30,31)20-13-12-17-8-6-7-11-19(17)14-20/h3-14H,15H2,1-2H3,(H,25,26,29). The number of nitrogens with zero attached hydrogens (tertiary/aromatic N) is 2. The lowest BCUT2D eigenvalue weighted by Crippen LogP contribution is -2.34. The number of hydrogen-bond acceptors (Lipinski definition) is 6. The first-order chi connectivity index (χ1) is 15.8. The molecular weight excluding hydrogens is 458 g/mol. The summed E-state index contributed by atoms with van der Waals surface area (Å²) in [5.41, 5.74) is 1.25. The van der Waals surface area contributed by atoms with Crippen LogP contribution in [-0.4, -0.2) is 43.0 Å². The number of nitrogens with one attached hydrogen (secondary N) is 1. The Balaban J connectivity index is 1.52. The lowest BCUT2D eigenvalue weighted by Gasteiger charge is -2.16. The fraction of sp³-hybridized carbons (Fsp3) is 0.125. The smallest absolute Gasteiger partial charge is 0.243 e. The summed E-state index contributed by atoms with van der Waals surface area (Å²) in [6.45, 7) is 1.04. The van der Waals surface area contributed by atoms with E-state index in [-0.39, 0.29) is 15.8 Å². The van der Waals surface area contributed by atoms with E-state index in [1.54, 1.807) is 12.1 Å². The van der Waals surface area contributed by atoms with Crippen LogP contribution < -0.4 is 5.32 Å². The Bertz CT molecular complexity index is 1450. The van der Waals surface area contributed by atoms with Crippen LogP contribution in [0.4, 0.5) is 5.13 Å². The number of rotatable bonds is 7. The van der Waals surface area contributed by atoms with Gasteiger partial charge in [-0.15, -0.1) is 0 Å². The van der Waals surface area contributed by atoms with Gasteiger partial charge in [0, 0.05) is 19.5 Å². The number of benzene rings is 3. The Hall–Kier alpha value is -3.40. The zero-order chi connectivity index (χ0) is 23.6. The van der Waals surface area contributed by atoms with Gasteiger partial charge < -0.3 is 5.32 Å². The fourth-order valence-corrected chi connectivity index (χ4v) is 5.42. The van der Waals surface area contributed by atoms with Crippen LogP contribution >= 0.6 is 11.3 Å². The minimum absolute atomic E-state index is 0.107. The first-order valence-electron chi connectivity index (χ1n) is 10.1. The van der Waals surface area contributed by atoms with Gasteiger partial charge in [0.25, 0.3) is 0 Å². The average Bonchev–Trinajstić information content (AvgIpc) is 3.23. The van der Waals surface area contributed by atoms with Crippen LogP contribution in [-0.2, 0) is 14.8 Å². The molecule has 7 nitrogen and oxygen atoms in total. The molecule has 0 spiro atoms. The van der Waals surface area contributed by atoms with Gasteiger partial charge in [0.2, 0.25) is 15.9 Å². The molecule has 4 aromatic rings. The number of aromatic nitrogens is 1. The maximum absolute atomic E-state index is 13.0. The van der Waals surface area contributed by atoms with Crippen LogP contribution in [0.15, 0.2) is 77.7 Å². The van der Waals surface area contributed by atoms with Gasteiger partial charge in [-0.2, -0.15) is 4.31 Å². The van der Waals surface area contributed by atoms with E-state index in [4.69, 9.17) is 0 Å². The second kappa shape index (κ2) is 9.22. The number of hydrogen-bond donors (Lipinski definition) is 1. The summed E-state index contributed by atoms with van der Waals surface area (Å²) in [5.74, 6) is -0.715. The van der Waals surface area contributed by atoms with Gasteiger partial charge in [0.05, 0.1) is 22.0 Å². The van der Waals surface area contributed by atoms with Gasteiger partial charge in [-0.05, 0) is 22.9 Å². The molecular formula is C24H21N3O4S2. The summed E-state index contributed by atoms with van der Waals surface area (Å²) in [6.07, 6.45) is 0. The Morgan fingerprint density at radius 3 is 2.33 bits per heavy atom. The number of Topliss-reactive ketones (excluding diaryl/α,β-unsaturated/α-hetero) is 1. The fourth-order valence-electron chi connectivity index (χ4n) is 3.36. The summed E-state index contributed by atoms with van der Waals surface area (Å²) >= 11 is 1.06. The summed E-state index contributed by atoms with van der Waals surface area (Å²) in [5, 5.41) is 4.58. The summed E-state index contributed by atoms with van der Waals surface area (Å²) < 4.78 is 27.0. The third-order valence-corrected chi connectivity index (χ3v) is 7.91. The number of anilines is 1. The molecule has 1 amide bonds. The molecule has 168 valence electrons. The quantitative estimate of drug-likeness (QED) is 0.396. The molecule has 33 heavy (non-hydrogen) atoms. The van der Waals surface area contributed by atoms with Gasteiger partial charge in [-0.25, -0.2) is 13.4 Å². The molecule has 1 heterocycles. The van der Waals surface area contributed by atoms with E-state index in [0.29, 0.717) is 10.6 Å². The summed E-state index contributed by atoms with van der Waals surface area (Å²) in [7, 11) is -2.53. The molecule has 9 heteroatoms. The molecule has 0 bridgehead atoms. The lowest BCUT2D eigenvalue weighted by molar-refractivity contribution is -0.116. The number of likely N-dealkylation sites (N-methyl/N-ethyl adjacent to an activating group) is 1. The zero-order valence-electron chi connectivity index (χ0n) is 18.0. The van der Waals surface area contributed by atoms with Crippen molar-refractivity contribution in [3.63, 3.8) is 0 Å². The van der Waals surface area contributed by atoms with Crippen molar-refractivity contribution < 1.29 is 18.0 Å². The summed E-state index contributed by atoms with van der Waals surface area (Å²) in [6, 6.07) is 21.5. The molecule has 0 aliphatic carbocycles. The third kappa shape index (κ3) is 4.85. The van der Waals surface area contributed by atoms with Crippen molar-refractivity contribution in [2.45, 2.75) is 11.8 Å². The SMILES string of the molecule is CC(=O)c1sc(NC(=O)CN(C)S(=O)(=O)c2ccc3ccccc3c2)nc1-c1ccccc1. The van der Waals surface area contributed by atoms with Crippen molar-refractivity contribution in [3.8, 4) is 11.3 Å². The van der Waals surface area contributed by atoms with Crippen LogP contribution in [0.3, 0.4) is 0 Å². The largest absolute Gasteiger partial charge is 0.301 e. The minimum atomic E-state index is -3.88. The Morgan fingerprint density at radius 2 is 1.64 bits per heavy atom. The van der Waals surface area contributed by atoms with Crippen LogP contribution in [0.25, 0.3) is 22.0 Å². The molecule has 4 rings (SSSR count). The predicted molar refractivity (Wildman–Crippen MR) is 130 cm³/mol. The van der Waals surface area contributed by atoms with Crippen LogP contribution in [0, 0.1) is 0 Å². The van der Waals surface area contributed by atoms with E-state index >= 15 is 0 Å². The first-order valence-corrected chi connectivity index (χ1v) is 12.3. The van der Waals surface area contributed by atoms with Gasteiger partial charge in [-0.1, -0.05) is 72.0 Å². The highest BCUT2D eigenvalue weighted by Crippen LogP contribution is 2.31. The Kier molecular flexibility index (Phi) is 6.37. The van der Waals surface area contributed by atoms with E-state index in [1.807, 2.05) is 54.6 Å². The number of ketones is 1. The number of sulfonamides is 1. The molecule has 0 fully saturated rings. The maximum Gasteiger partial charge on any atom is 0.243 e. The van der Waals surface area contributed by atoms with E-state index in [1.165, 1.54) is 20.0 Å². The number of fused-ring (bicyclic) bond motifs is 1. The van der Waals surface area contributed by atoms with Crippen molar-refractivity contribution in [1.82, 2.24) is 9.29 Å². The van der Waals surface area contributed by atoms with Gasteiger partial charge in [0.1, 0.15) is 0 Å². The number of carbonyl (C=O) groups is 2. The van der Waals surface area contributed by atoms with Crippen molar-refractivity contribution in [1.29, 1.82) is 0 Å². The highest BCUT2D eigenvalue weighted by Gasteiger charge is 2.24. The van der Waals surface area contributed by atoms with Gasteiger partial charge >= 0.3 is 0 Å². The maximum atomic E-state index is 13.0. The predicted octanol–water partition coefficient (Wildman–Crippen LogP) is 4.43. The van der Waals surface area contributed by atoms with Crippen molar-refractivity contribution in [2.24, 2.45) is 0 Å². The number of carbonyl (C=O) groups excluding carboxylic acids is 2. The normalized spacial score (nSPS) is 11.6. The topological polar surface area (TPSA) is 96.4 Å². The monoisotopic (exact) mass is 479 g/mol.